The highest BCUT2D eigenvalue weighted by atomic mass is 16.6. The van der Waals surface area contributed by atoms with Gasteiger partial charge in [0.1, 0.15) is 6.61 Å². The highest BCUT2D eigenvalue weighted by molar-refractivity contribution is 5.89. The minimum atomic E-state index is -0.283. The largest absolute Gasteiger partial charge is 0.460 e. The zero-order chi connectivity index (χ0) is 13.9. The Hall–Kier alpha value is -1.35. The summed E-state index contributed by atoms with van der Waals surface area (Å²) in [5.74, 6) is -0.283. The molecule has 0 aromatic heterocycles. The molecular weight excluding hydrogens is 240 g/mol. The number of carbonyl (C=O) groups is 1. The molecule has 0 aliphatic heterocycles. The minimum Gasteiger partial charge on any atom is -0.460 e. The molecule has 0 atom stereocenters. The number of carbonyl (C=O) groups excluding carboxylic acids is 1. The molecule has 106 valence electrons. The first kappa shape index (κ1) is 15.7. The lowest BCUT2D eigenvalue weighted by Crippen LogP contribution is -2.11. The average molecular weight is 264 g/mol. The lowest BCUT2D eigenvalue weighted by molar-refractivity contribution is 0.0312. The molecular formula is C16H24O3. The highest BCUT2D eigenvalue weighted by Gasteiger charge is 2.05. The van der Waals surface area contributed by atoms with Gasteiger partial charge in [0, 0.05) is 6.61 Å². The van der Waals surface area contributed by atoms with Crippen LogP contribution in [-0.2, 0) is 9.47 Å². The zero-order valence-electron chi connectivity index (χ0n) is 12.0. The van der Waals surface area contributed by atoms with Gasteiger partial charge in [-0.25, -0.2) is 4.79 Å². The van der Waals surface area contributed by atoms with Crippen LogP contribution in [0.2, 0.25) is 0 Å². The Morgan fingerprint density at radius 2 is 1.74 bits per heavy atom. The fourth-order valence-corrected chi connectivity index (χ4v) is 1.70. The van der Waals surface area contributed by atoms with Crippen molar-refractivity contribution in [1.82, 2.24) is 0 Å². The van der Waals surface area contributed by atoms with E-state index in [4.69, 9.17) is 9.47 Å². The number of esters is 1. The quantitative estimate of drug-likeness (QED) is 0.503. The first-order chi connectivity index (χ1) is 9.24. The predicted octanol–water partition coefficient (Wildman–Crippen LogP) is 3.75. The van der Waals surface area contributed by atoms with Crippen molar-refractivity contribution in [3.05, 3.63) is 35.4 Å². The molecule has 3 nitrogen and oxygen atoms in total. The molecule has 0 aliphatic rings. The Labute approximate surface area is 115 Å². The van der Waals surface area contributed by atoms with Crippen LogP contribution >= 0.6 is 0 Å². The molecule has 0 saturated carbocycles. The minimum absolute atomic E-state index is 0.283. The maximum Gasteiger partial charge on any atom is 0.338 e. The molecule has 0 radical (unpaired) electrons. The van der Waals surface area contributed by atoms with E-state index >= 15 is 0 Å². The summed E-state index contributed by atoms with van der Waals surface area (Å²) in [7, 11) is 0. The fourth-order valence-electron chi connectivity index (χ4n) is 1.70. The summed E-state index contributed by atoms with van der Waals surface area (Å²) < 4.78 is 10.5. The molecule has 0 aliphatic carbocycles. The average Bonchev–Trinajstić information content (AvgIpc) is 2.42. The zero-order valence-corrected chi connectivity index (χ0v) is 12.0. The summed E-state index contributed by atoms with van der Waals surface area (Å²) in [5, 5.41) is 0. The number of benzene rings is 1. The van der Waals surface area contributed by atoms with Crippen LogP contribution in [0.1, 0.15) is 48.5 Å². The van der Waals surface area contributed by atoms with Crippen LogP contribution in [-0.4, -0.2) is 25.8 Å². The van der Waals surface area contributed by atoms with Gasteiger partial charge in [-0.3, -0.25) is 0 Å². The second kappa shape index (κ2) is 9.56. The van der Waals surface area contributed by atoms with Crippen molar-refractivity contribution < 1.29 is 14.3 Å². The third-order valence-electron chi connectivity index (χ3n) is 2.89. The molecule has 19 heavy (non-hydrogen) atoms. The van der Waals surface area contributed by atoms with Crippen LogP contribution in [0.25, 0.3) is 0 Å². The van der Waals surface area contributed by atoms with Gasteiger partial charge in [-0.2, -0.15) is 0 Å². The van der Waals surface area contributed by atoms with E-state index in [1.54, 1.807) is 12.1 Å². The van der Waals surface area contributed by atoms with Crippen LogP contribution in [0.4, 0.5) is 0 Å². The molecule has 0 heterocycles. The van der Waals surface area contributed by atoms with Gasteiger partial charge >= 0.3 is 5.97 Å². The third kappa shape index (κ3) is 6.97. The van der Waals surface area contributed by atoms with E-state index in [0.717, 1.165) is 18.6 Å². The summed E-state index contributed by atoms with van der Waals surface area (Å²) in [6.45, 7) is 5.72. The van der Waals surface area contributed by atoms with Crippen LogP contribution in [0, 0.1) is 6.92 Å². The van der Waals surface area contributed by atoms with Gasteiger partial charge in [0.15, 0.2) is 0 Å². The molecule has 1 rings (SSSR count). The number of unbranched alkanes of at least 4 members (excludes halogenated alkanes) is 3. The lowest BCUT2D eigenvalue weighted by atomic mass is 10.1. The molecule has 0 amide bonds. The summed E-state index contributed by atoms with van der Waals surface area (Å²) in [6.07, 6.45) is 4.78. The van der Waals surface area contributed by atoms with Crippen LogP contribution in [0.5, 0.6) is 0 Å². The number of hydrogen-bond donors (Lipinski definition) is 0. The topological polar surface area (TPSA) is 35.5 Å². The Morgan fingerprint density at radius 3 is 2.42 bits per heavy atom. The number of rotatable bonds is 9. The molecule has 0 N–H and O–H groups in total. The predicted molar refractivity (Wildman–Crippen MR) is 76.4 cm³/mol. The third-order valence-corrected chi connectivity index (χ3v) is 2.89. The molecule has 1 aromatic carbocycles. The van der Waals surface area contributed by atoms with Crippen molar-refractivity contribution in [2.75, 3.05) is 19.8 Å². The second-order valence-corrected chi connectivity index (χ2v) is 4.67. The van der Waals surface area contributed by atoms with Crippen molar-refractivity contribution in [1.29, 1.82) is 0 Å². The second-order valence-electron chi connectivity index (χ2n) is 4.67. The van der Waals surface area contributed by atoms with Gasteiger partial charge in [-0.05, 0) is 25.5 Å². The molecule has 0 unspecified atom stereocenters. The number of aryl methyl sites for hydroxylation is 1. The standard InChI is InChI=1S/C16H24O3/c1-3-4-5-6-11-18-12-13-19-16(17)15-9-7-14(2)8-10-15/h7-10H,3-6,11-13H2,1-2H3. The monoisotopic (exact) mass is 264 g/mol. The van der Waals surface area contributed by atoms with Crippen molar-refractivity contribution in [3.63, 3.8) is 0 Å². The van der Waals surface area contributed by atoms with Crippen LogP contribution < -0.4 is 0 Å². The van der Waals surface area contributed by atoms with Crippen molar-refractivity contribution in [3.8, 4) is 0 Å². The molecule has 0 spiro atoms. The van der Waals surface area contributed by atoms with Gasteiger partial charge in [0.05, 0.1) is 12.2 Å². The lowest BCUT2D eigenvalue weighted by Gasteiger charge is -2.06. The van der Waals surface area contributed by atoms with Crippen molar-refractivity contribution in [2.24, 2.45) is 0 Å². The van der Waals surface area contributed by atoms with Gasteiger partial charge in [0.25, 0.3) is 0 Å². The maximum absolute atomic E-state index is 11.7. The van der Waals surface area contributed by atoms with E-state index in [9.17, 15) is 4.79 Å². The van der Waals surface area contributed by atoms with E-state index in [1.165, 1.54) is 19.3 Å². The van der Waals surface area contributed by atoms with Crippen molar-refractivity contribution >= 4 is 5.97 Å². The Morgan fingerprint density at radius 1 is 1.00 bits per heavy atom. The molecule has 0 bridgehead atoms. The molecule has 3 heteroatoms. The van der Waals surface area contributed by atoms with Gasteiger partial charge in [-0.1, -0.05) is 43.9 Å². The van der Waals surface area contributed by atoms with Gasteiger partial charge in [0.2, 0.25) is 0 Å². The summed E-state index contributed by atoms with van der Waals surface area (Å²) >= 11 is 0. The molecule has 1 aromatic rings. The van der Waals surface area contributed by atoms with Crippen LogP contribution in [0.3, 0.4) is 0 Å². The normalized spacial score (nSPS) is 10.4. The van der Waals surface area contributed by atoms with Gasteiger partial charge in [-0.15, -0.1) is 0 Å². The summed E-state index contributed by atoms with van der Waals surface area (Å²) in [6, 6.07) is 7.37. The van der Waals surface area contributed by atoms with E-state index in [1.807, 2.05) is 19.1 Å². The van der Waals surface area contributed by atoms with E-state index in [2.05, 4.69) is 6.92 Å². The Kier molecular flexibility index (Phi) is 7.91. The first-order valence-corrected chi connectivity index (χ1v) is 7.05. The van der Waals surface area contributed by atoms with Crippen molar-refractivity contribution in [2.45, 2.75) is 39.5 Å². The maximum atomic E-state index is 11.7. The van der Waals surface area contributed by atoms with E-state index in [-0.39, 0.29) is 5.97 Å². The Balaban J connectivity index is 2.06. The Bertz CT molecular complexity index is 357. The van der Waals surface area contributed by atoms with Crippen LogP contribution in [0.15, 0.2) is 24.3 Å². The smallest absolute Gasteiger partial charge is 0.338 e. The number of ether oxygens (including phenoxy) is 2. The van der Waals surface area contributed by atoms with Gasteiger partial charge < -0.3 is 9.47 Å². The fraction of sp³-hybridized carbons (Fsp3) is 0.562. The molecule has 0 saturated heterocycles. The summed E-state index contributed by atoms with van der Waals surface area (Å²) in [4.78, 5) is 11.7. The summed E-state index contributed by atoms with van der Waals surface area (Å²) in [5.41, 5.74) is 1.72. The highest BCUT2D eigenvalue weighted by Crippen LogP contribution is 2.04. The SMILES string of the molecule is CCCCCCOCCOC(=O)c1ccc(C)cc1. The first-order valence-electron chi connectivity index (χ1n) is 7.05. The van der Waals surface area contributed by atoms with E-state index < -0.39 is 0 Å². The van der Waals surface area contributed by atoms with E-state index in [0.29, 0.717) is 18.8 Å². The molecule has 0 fully saturated rings. The number of hydrogen-bond acceptors (Lipinski definition) is 3.